The highest BCUT2D eigenvalue weighted by Crippen LogP contribution is 2.28. The van der Waals surface area contributed by atoms with Crippen molar-refractivity contribution in [3.63, 3.8) is 0 Å². The molecule has 3 N–H and O–H groups in total. The summed E-state index contributed by atoms with van der Waals surface area (Å²) in [4.78, 5) is 0. The number of aliphatic hydroxyl groups is 1. The molecule has 0 saturated carbocycles. The van der Waals surface area contributed by atoms with Crippen LogP contribution < -0.4 is 5.73 Å². The Hall–Kier alpha value is -1.72. The second kappa shape index (κ2) is 6.15. The number of aliphatic hydroxyl groups excluding tert-OH is 1. The van der Waals surface area contributed by atoms with Crippen LogP contribution in [0.1, 0.15) is 18.1 Å². The molecule has 5 heteroatoms. The van der Waals surface area contributed by atoms with Gasteiger partial charge in [0.1, 0.15) is 5.82 Å². The van der Waals surface area contributed by atoms with Crippen molar-refractivity contribution in [2.45, 2.75) is 25.3 Å². The zero-order valence-corrected chi connectivity index (χ0v) is 11.6. The minimum atomic E-state index is -0.677. The van der Waals surface area contributed by atoms with Gasteiger partial charge in [0.25, 0.3) is 0 Å². The molecule has 1 atom stereocenters. The van der Waals surface area contributed by atoms with E-state index in [4.69, 9.17) is 5.73 Å². The van der Waals surface area contributed by atoms with Crippen LogP contribution >= 0.6 is 0 Å². The number of aryl methyl sites for hydroxylation is 1. The molecule has 2 aromatic rings. The summed E-state index contributed by atoms with van der Waals surface area (Å²) in [7, 11) is 0. The molecule has 1 heterocycles. The fourth-order valence-electron chi connectivity index (χ4n) is 2.38. The zero-order chi connectivity index (χ0) is 14.6. The van der Waals surface area contributed by atoms with Crippen molar-refractivity contribution in [3.05, 3.63) is 53.6 Å². The minimum Gasteiger partial charge on any atom is -0.395 e. The van der Waals surface area contributed by atoms with E-state index in [1.165, 1.54) is 12.1 Å². The summed E-state index contributed by atoms with van der Waals surface area (Å²) >= 11 is 0. The van der Waals surface area contributed by atoms with E-state index in [0.717, 1.165) is 12.1 Å². The number of nitrogens with two attached hydrogens (primary N) is 1. The molecule has 2 rings (SSSR count). The van der Waals surface area contributed by atoms with E-state index in [9.17, 15) is 9.50 Å². The summed E-state index contributed by atoms with van der Waals surface area (Å²) in [5, 5.41) is 14.0. The Morgan fingerprint density at radius 3 is 2.80 bits per heavy atom. The molecule has 1 unspecified atom stereocenters. The van der Waals surface area contributed by atoms with E-state index >= 15 is 0 Å². The van der Waals surface area contributed by atoms with Crippen LogP contribution in [0.25, 0.3) is 0 Å². The fraction of sp³-hybridized carbons (Fsp3) is 0.400. The number of aromatic nitrogens is 2. The normalized spacial score (nSPS) is 14.2. The molecular weight excluding hydrogens is 257 g/mol. The van der Waals surface area contributed by atoms with Gasteiger partial charge in [-0.3, -0.25) is 4.68 Å². The van der Waals surface area contributed by atoms with Crippen LogP contribution in [0.2, 0.25) is 0 Å². The summed E-state index contributed by atoms with van der Waals surface area (Å²) in [6.07, 6.45) is 4.23. The second-order valence-corrected chi connectivity index (χ2v) is 5.03. The van der Waals surface area contributed by atoms with Gasteiger partial charge in [0.2, 0.25) is 0 Å². The van der Waals surface area contributed by atoms with E-state index < -0.39 is 5.41 Å². The van der Waals surface area contributed by atoms with Crippen LogP contribution in [0.5, 0.6) is 0 Å². The maximum Gasteiger partial charge on any atom is 0.123 e. The largest absolute Gasteiger partial charge is 0.395 e. The van der Waals surface area contributed by atoms with E-state index in [2.05, 4.69) is 5.10 Å². The lowest BCUT2D eigenvalue weighted by Gasteiger charge is -2.30. The van der Waals surface area contributed by atoms with Crippen LogP contribution in [-0.4, -0.2) is 28.0 Å². The van der Waals surface area contributed by atoms with Gasteiger partial charge in [0, 0.05) is 24.7 Å². The molecule has 20 heavy (non-hydrogen) atoms. The van der Waals surface area contributed by atoms with Crippen molar-refractivity contribution < 1.29 is 9.50 Å². The Bertz CT molecular complexity index is 564. The Morgan fingerprint density at radius 2 is 2.25 bits per heavy atom. The maximum atomic E-state index is 13.4. The summed E-state index contributed by atoms with van der Waals surface area (Å²) in [5.74, 6) is -0.321. The van der Waals surface area contributed by atoms with Crippen molar-refractivity contribution >= 4 is 0 Å². The van der Waals surface area contributed by atoms with Crippen LogP contribution in [0.3, 0.4) is 0 Å². The molecule has 0 saturated heterocycles. The predicted molar refractivity (Wildman–Crippen MR) is 75.8 cm³/mol. The summed E-state index contributed by atoms with van der Waals surface area (Å²) in [6.45, 7) is 2.90. The number of benzene rings is 1. The Morgan fingerprint density at radius 1 is 1.45 bits per heavy atom. The molecule has 1 aromatic heterocycles. The van der Waals surface area contributed by atoms with E-state index in [-0.39, 0.29) is 19.0 Å². The number of hydrogen-bond donors (Lipinski definition) is 2. The summed E-state index contributed by atoms with van der Waals surface area (Å²) < 4.78 is 15.2. The molecular formula is C15H20FN3O. The molecule has 0 aliphatic carbocycles. The fourth-order valence-corrected chi connectivity index (χ4v) is 2.38. The van der Waals surface area contributed by atoms with Gasteiger partial charge >= 0.3 is 0 Å². The molecule has 0 aliphatic rings. The van der Waals surface area contributed by atoms with Gasteiger partial charge < -0.3 is 10.8 Å². The zero-order valence-electron chi connectivity index (χ0n) is 11.6. The van der Waals surface area contributed by atoms with Crippen molar-refractivity contribution in [1.82, 2.24) is 9.78 Å². The highest BCUT2D eigenvalue weighted by Gasteiger charge is 2.31. The Kier molecular flexibility index (Phi) is 4.52. The molecule has 108 valence electrons. The van der Waals surface area contributed by atoms with Crippen molar-refractivity contribution in [2.75, 3.05) is 13.2 Å². The lowest BCUT2D eigenvalue weighted by atomic mass is 9.76. The second-order valence-electron chi connectivity index (χ2n) is 5.03. The lowest BCUT2D eigenvalue weighted by molar-refractivity contribution is 0.195. The van der Waals surface area contributed by atoms with Crippen molar-refractivity contribution in [2.24, 2.45) is 5.73 Å². The van der Waals surface area contributed by atoms with Gasteiger partial charge in [-0.15, -0.1) is 0 Å². The average molecular weight is 277 g/mol. The smallest absolute Gasteiger partial charge is 0.123 e. The van der Waals surface area contributed by atoms with Crippen LogP contribution in [0, 0.1) is 5.82 Å². The third-order valence-corrected chi connectivity index (χ3v) is 3.68. The molecule has 1 aromatic carbocycles. The van der Waals surface area contributed by atoms with Gasteiger partial charge in [-0.2, -0.15) is 5.10 Å². The topological polar surface area (TPSA) is 64.1 Å². The van der Waals surface area contributed by atoms with Crippen LogP contribution in [-0.2, 0) is 18.4 Å². The molecule has 0 spiro atoms. The first-order chi connectivity index (χ1) is 9.63. The summed E-state index contributed by atoms with van der Waals surface area (Å²) in [6, 6.07) is 6.27. The first-order valence-electron chi connectivity index (χ1n) is 6.72. The monoisotopic (exact) mass is 277 g/mol. The molecule has 0 bridgehead atoms. The van der Waals surface area contributed by atoms with E-state index in [1.807, 2.05) is 17.8 Å². The van der Waals surface area contributed by atoms with Gasteiger partial charge in [0.05, 0.1) is 12.8 Å². The van der Waals surface area contributed by atoms with Crippen LogP contribution in [0.15, 0.2) is 36.7 Å². The van der Waals surface area contributed by atoms with Crippen molar-refractivity contribution in [3.8, 4) is 0 Å². The third-order valence-electron chi connectivity index (χ3n) is 3.68. The number of rotatable bonds is 6. The van der Waals surface area contributed by atoms with E-state index in [1.54, 1.807) is 18.3 Å². The van der Waals surface area contributed by atoms with Gasteiger partial charge in [-0.25, -0.2) is 4.39 Å². The molecule has 0 radical (unpaired) electrons. The molecule has 0 fully saturated rings. The van der Waals surface area contributed by atoms with Crippen molar-refractivity contribution in [1.29, 1.82) is 0 Å². The number of nitrogens with zero attached hydrogens (tertiary/aromatic N) is 2. The average Bonchev–Trinajstić information content (AvgIpc) is 2.92. The maximum absolute atomic E-state index is 13.4. The minimum absolute atomic E-state index is 0.135. The number of halogens is 1. The lowest BCUT2D eigenvalue weighted by Crippen LogP contribution is -2.41. The molecule has 0 amide bonds. The van der Waals surface area contributed by atoms with Gasteiger partial charge in [-0.05, 0) is 36.6 Å². The third kappa shape index (κ3) is 2.89. The molecule has 4 nitrogen and oxygen atoms in total. The molecule has 0 aliphatic heterocycles. The Labute approximate surface area is 118 Å². The highest BCUT2D eigenvalue weighted by molar-refractivity contribution is 5.30. The van der Waals surface area contributed by atoms with E-state index in [0.29, 0.717) is 12.0 Å². The Balaban J connectivity index is 2.33. The highest BCUT2D eigenvalue weighted by atomic mass is 19.1. The van der Waals surface area contributed by atoms with Gasteiger partial charge in [0.15, 0.2) is 0 Å². The quantitative estimate of drug-likeness (QED) is 0.840. The van der Waals surface area contributed by atoms with Crippen LogP contribution in [0.4, 0.5) is 4.39 Å². The first-order valence-corrected chi connectivity index (χ1v) is 6.72. The standard InChI is InChI=1S/C15H20FN3O/c1-2-19-9-12(8-18-19)7-15(10-17,11-20)13-4-3-5-14(16)6-13/h3-6,8-9,20H,2,7,10-11,17H2,1H3. The summed E-state index contributed by atoms with van der Waals surface area (Å²) in [5.41, 5.74) is 6.90. The SMILES string of the molecule is CCn1cc(CC(CN)(CO)c2cccc(F)c2)cn1. The predicted octanol–water partition coefficient (Wildman–Crippen LogP) is 1.47. The first kappa shape index (κ1) is 14.7. The van der Waals surface area contributed by atoms with Gasteiger partial charge in [-0.1, -0.05) is 12.1 Å². The number of hydrogen-bond acceptors (Lipinski definition) is 3.